The monoisotopic (exact) mass is 478 g/mol. The molecular weight excluding hydrogens is 443 g/mol. The van der Waals surface area contributed by atoms with Gasteiger partial charge in [0.05, 0.1) is 5.70 Å². The third-order valence-corrected chi connectivity index (χ3v) is 6.47. The fourth-order valence-electron chi connectivity index (χ4n) is 4.55. The highest BCUT2D eigenvalue weighted by Crippen LogP contribution is 2.27. The minimum absolute atomic E-state index is 0.162. The molecule has 2 aliphatic heterocycles. The minimum atomic E-state index is -0.455. The lowest BCUT2D eigenvalue weighted by atomic mass is 10.1. The second-order valence-corrected chi connectivity index (χ2v) is 9.21. The first-order chi connectivity index (χ1) is 16.9. The van der Waals surface area contributed by atoms with E-state index in [0.717, 1.165) is 63.4 Å². The summed E-state index contributed by atoms with van der Waals surface area (Å²) < 4.78 is 20.1. The Morgan fingerprint density at radius 3 is 2.63 bits per heavy atom. The molecule has 1 aromatic heterocycles. The molecule has 1 saturated heterocycles. The van der Waals surface area contributed by atoms with Crippen LogP contribution in [0.15, 0.2) is 58.4 Å². The summed E-state index contributed by atoms with van der Waals surface area (Å²) in [5.74, 6) is -0.207. The van der Waals surface area contributed by atoms with Crippen molar-refractivity contribution < 1.29 is 13.6 Å². The van der Waals surface area contributed by atoms with Gasteiger partial charge in [0.15, 0.2) is 17.3 Å². The standard InChI is InChI=1S/C28H35FN4O2/c1-5-7-8-23-9-10-24(32-14-12-31(11-6-2)13-15-32)19-33(23)27(34)16-20(3)22-17-25(29)28-26(18-22)35-21(4)30-28/h8-10,16-19H,5-7,11-15H2,1-4H3. The van der Waals surface area contributed by atoms with Gasteiger partial charge in [0.2, 0.25) is 0 Å². The van der Waals surface area contributed by atoms with Crippen molar-refractivity contribution in [1.29, 1.82) is 0 Å². The number of aromatic nitrogens is 1. The Morgan fingerprint density at radius 2 is 1.91 bits per heavy atom. The van der Waals surface area contributed by atoms with E-state index in [9.17, 15) is 9.18 Å². The maximum Gasteiger partial charge on any atom is 0.255 e. The number of fused-ring (bicyclic) bond motifs is 1. The van der Waals surface area contributed by atoms with Gasteiger partial charge in [0, 0.05) is 51.1 Å². The number of piperazine rings is 1. The van der Waals surface area contributed by atoms with Crippen molar-refractivity contribution in [2.24, 2.45) is 0 Å². The van der Waals surface area contributed by atoms with Crippen molar-refractivity contribution in [3.05, 3.63) is 71.3 Å². The van der Waals surface area contributed by atoms with Crippen molar-refractivity contribution in [3.8, 4) is 0 Å². The van der Waals surface area contributed by atoms with Crippen LogP contribution in [0.2, 0.25) is 0 Å². The first kappa shape index (κ1) is 24.9. The maximum atomic E-state index is 14.6. The molecule has 4 rings (SSSR count). The smallest absolute Gasteiger partial charge is 0.255 e. The number of carbonyl (C=O) groups excluding carboxylic acids is 1. The topological polar surface area (TPSA) is 52.8 Å². The number of benzene rings is 1. The van der Waals surface area contributed by atoms with E-state index in [1.807, 2.05) is 19.2 Å². The summed E-state index contributed by atoms with van der Waals surface area (Å²) in [5.41, 5.74) is 3.76. The molecule has 0 radical (unpaired) electrons. The third-order valence-electron chi connectivity index (χ3n) is 6.47. The minimum Gasteiger partial charge on any atom is -0.441 e. The van der Waals surface area contributed by atoms with Gasteiger partial charge in [-0.05, 0) is 61.7 Å². The number of rotatable bonds is 7. The van der Waals surface area contributed by atoms with E-state index in [1.165, 1.54) is 6.07 Å². The molecule has 6 nitrogen and oxygen atoms in total. The number of hydrogen-bond acceptors (Lipinski definition) is 5. The van der Waals surface area contributed by atoms with Crippen LogP contribution in [-0.2, 0) is 4.79 Å². The molecule has 0 atom stereocenters. The molecule has 186 valence electrons. The van der Waals surface area contributed by atoms with Gasteiger partial charge in [-0.2, -0.15) is 0 Å². The van der Waals surface area contributed by atoms with Crippen LogP contribution < -0.4 is 0 Å². The zero-order chi connectivity index (χ0) is 24.9. The van der Waals surface area contributed by atoms with Crippen molar-refractivity contribution in [2.45, 2.75) is 47.0 Å². The number of allylic oxidation sites excluding steroid dienone is 4. The van der Waals surface area contributed by atoms with E-state index >= 15 is 0 Å². The predicted molar refractivity (Wildman–Crippen MR) is 138 cm³/mol. The van der Waals surface area contributed by atoms with Crippen LogP contribution in [0, 0.1) is 12.7 Å². The fourth-order valence-corrected chi connectivity index (χ4v) is 4.55. The number of halogens is 1. The normalized spacial score (nSPS) is 18.6. The van der Waals surface area contributed by atoms with Crippen LogP contribution in [0.4, 0.5) is 4.39 Å². The molecule has 0 aliphatic carbocycles. The maximum absolute atomic E-state index is 14.6. The van der Waals surface area contributed by atoms with Crippen LogP contribution in [0.25, 0.3) is 16.7 Å². The summed E-state index contributed by atoms with van der Waals surface area (Å²) in [6.07, 6.45) is 12.8. The van der Waals surface area contributed by atoms with Crippen LogP contribution in [0.1, 0.15) is 51.5 Å². The highest BCUT2D eigenvalue weighted by Gasteiger charge is 2.23. The number of aryl methyl sites for hydroxylation is 1. The van der Waals surface area contributed by atoms with Gasteiger partial charge in [0.25, 0.3) is 5.91 Å². The number of amides is 1. The summed E-state index contributed by atoms with van der Waals surface area (Å²) in [7, 11) is 0. The van der Waals surface area contributed by atoms with Crippen LogP contribution in [-0.4, -0.2) is 58.3 Å². The summed E-state index contributed by atoms with van der Waals surface area (Å²) in [5, 5.41) is 0. The summed E-state index contributed by atoms with van der Waals surface area (Å²) in [6.45, 7) is 12.9. The van der Waals surface area contributed by atoms with Crippen LogP contribution >= 0.6 is 0 Å². The Balaban J connectivity index is 1.58. The lowest BCUT2D eigenvalue weighted by molar-refractivity contribution is -0.122. The Morgan fingerprint density at radius 1 is 1.14 bits per heavy atom. The molecule has 1 fully saturated rings. The van der Waals surface area contributed by atoms with Crippen molar-refractivity contribution in [2.75, 3.05) is 32.7 Å². The van der Waals surface area contributed by atoms with E-state index < -0.39 is 5.82 Å². The molecule has 0 unspecified atom stereocenters. The van der Waals surface area contributed by atoms with Crippen molar-refractivity contribution in [3.63, 3.8) is 0 Å². The average Bonchev–Trinajstić information content (AvgIpc) is 3.24. The van der Waals surface area contributed by atoms with Gasteiger partial charge in [-0.25, -0.2) is 9.37 Å². The summed E-state index contributed by atoms with van der Waals surface area (Å²) >= 11 is 0. The first-order valence-corrected chi connectivity index (χ1v) is 12.6. The van der Waals surface area contributed by atoms with Crippen molar-refractivity contribution >= 4 is 22.6 Å². The van der Waals surface area contributed by atoms with Gasteiger partial charge >= 0.3 is 0 Å². The van der Waals surface area contributed by atoms with Gasteiger partial charge in [-0.3, -0.25) is 14.6 Å². The highest BCUT2D eigenvalue weighted by atomic mass is 19.1. The zero-order valence-corrected chi connectivity index (χ0v) is 21.2. The molecule has 3 heterocycles. The quantitative estimate of drug-likeness (QED) is 0.483. The van der Waals surface area contributed by atoms with E-state index in [4.69, 9.17) is 4.42 Å². The number of oxazole rings is 1. The number of carbonyl (C=O) groups is 1. The molecule has 2 aromatic rings. The molecule has 1 amide bonds. The molecule has 0 N–H and O–H groups in total. The highest BCUT2D eigenvalue weighted by molar-refractivity contribution is 5.97. The second kappa shape index (κ2) is 11.0. The van der Waals surface area contributed by atoms with E-state index in [2.05, 4.69) is 40.8 Å². The predicted octanol–water partition coefficient (Wildman–Crippen LogP) is 5.63. The summed E-state index contributed by atoms with van der Waals surface area (Å²) in [6, 6.07) is 3.14. The van der Waals surface area contributed by atoms with Crippen molar-refractivity contribution in [1.82, 2.24) is 19.7 Å². The third kappa shape index (κ3) is 5.73. The Kier molecular flexibility index (Phi) is 7.86. The molecule has 0 saturated carbocycles. The molecule has 1 aromatic carbocycles. The fraction of sp³-hybridized carbons (Fsp3) is 0.429. The lowest BCUT2D eigenvalue weighted by Gasteiger charge is -2.38. The Bertz CT molecular complexity index is 1200. The number of nitrogens with zero attached hydrogens (tertiary/aromatic N) is 4. The van der Waals surface area contributed by atoms with Gasteiger partial charge < -0.3 is 9.32 Å². The van der Waals surface area contributed by atoms with Gasteiger partial charge in [-0.1, -0.05) is 26.3 Å². The zero-order valence-electron chi connectivity index (χ0n) is 21.2. The number of hydrogen-bond donors (Lipinski definition) is 0. The molecule has 0 bridgehead atoms. The van der Waals surface area contributed by atoms with E-state index in [1.54, 1.807) is 24.0 Å². The van der Waals surface area contributed by atoms with Gasteiger partial charge in [0.1, 0.15) is 5.52 Å². The molecule has 0 spiro atoms. The van der Waals surface area contributed by atoms with Crippen LogP contribution in [0.3, 0.4) is 0 Å². The largest absolute Gasteiger partial charge is 0.441 e. The second-order valence-electron chi connectivity index (χ2n) is 9.21. The van der Waals surface area contributed by atoms with E-state index in [-0.39, 0.29) is 11.4 Å². The Labute approximate surface area is 207 Å². The SMILES string of the molecule is CCCC=C1C=CC(N2CCN(CCC)CC2)=CN1C(=O)C=C(C)c1cc(F)c2nc(C)oc2c1. The van der Waals surface area contributed by atoms with Crippen LogP contribution in [0.5, 0.6) is 0 Å². The average molecular weight is 479 g/mol. The molecule has 35 heavy (non-hydrogen) atoms. The van der Waals surface area contributed by atoms with Gasteiger partial charge in [-0.15, -0.1) is 0 Å². The first-order valence-electron chi connectivity index (χ1n) is 12.6. The molecule has 7 heteroatoms. The summed E-state index contributed by atoms with van der Waals surface area (Å²) in [4.78, 5) is 24.1. The van der Waals surface area contributed by atoms with E-state index in [0.29, 0.717) is 22.6 Å². The molecule has 2 aliphatic rings. The number of unbranched alkanes of at least 4 members (excludes halogenated alkanes) is 1. The molecular formula is C28H35FN4O2. The lowest BCUT2D eigenvalue weighted by Crippen LogP contribution is -2.46. The Hall–Kier alpha value is -3.19.